The van der Waals surface area contributed by atoms with Crippen LogP contribution in [0.25, 0.3) is 0 Å². The molecule has 0 spiro atoms. The average Bonchev–Trinajstić information content (AvgIpc) is 2.64. The first-order valence-corrected chi connectivity index (χ1v) is 7.98. The first-order chi connectivity index (χ1) is 12.5. The smallest absolute Gasteiger partial charge is 0.289 e. The second-order valence-corrected chi connectivity index (χ2v) is 5.27. The van der Waals surface area contributed by atoms with Crippen LogP contribution in [0.1, 0.15) is 29.9 Å². The van der Waals surface area contributed by atoms with Crippen molar-refractivity contribution in [2.45, 2.75) is 13.8 Å². The first-order valence-electron chi connectivity index (χ1n) is 7.98. The minimum atomic E-state index is -0.615. The summed E-state index contributed by atoms with van der Waals surface area (Å²) < 4.78 is 0. The highest BCUT2D eigenvalue weighted by molar-refractivity contribution is 5.93. The highest BCUT2D eigenvalue weighted by Crippen LogP contribution is 2.23. The van der Waals surface area contributed by atoms with Crippen LogP contribution in [0.4, 0.5) is 11.4 Å². The van der Waals surface area contributed by atoms with Gasteiger partial charge >= 0.3 is 0 Å². The van der Waals surface area contributed by atoms with Gasteiger partial charge in [-0.1, -0.05) is 0 Å². The van der Waals surface area contributed by atoms with Crippen LogP contribution in [0.2, 0.25) is 0 Å². The molecule has 0 atom stereocenters. The second-order valence-electron chi connectivity index (χ2n) is 5.27. The zero-order chi connectivity index (χ0) is 19.1. The van der Waals surface area contributed by atoms with E-state index in [-0.39, 0.29) is 17.1 Å². The molecule has 2 N–H and O–H groups in total. The summed E-state index contributed by atoms with van der Waals surface area (Å²) in [6, 6.07) is 7.60. The Labute approximate surface area is 150 Å². The molecule has 1 amide bonds. The van der Waals surface area contributed by atoms with Gasteiger partial charge in [-0.05, 0) is 32.0 Å². The summed E-state index contributed by atoms with van der Waals surface area (Å²) in [5, 5.41) is 24.4. The van der Waals surface area contributed by atoms with Crippen LogP contribution < -0.4 is 10.3 Å². The van der Waals surface area contributed by atoms with Crippen molar-refractivity contribution >= 4 is 23.5 Å². The number of phenols is 1. The van der Waals surface area contributed by atoms with E-state index in [1.165, 1.54) is 18.3 Å². The van der Waals surface area contributed by atoms with E-state index in [4.69, 9.17) is 0 Å². The minimum Gasteiger partial charge on any atom is -0.507 e. The Kier molecular flexibility index (Phi) is 6.20. The average molecular weight is 357 g/mol. The topological polar surface area (TPSA) is 121 Å². The lowest BCUT2D eigenvalue weighted by molar-refractivity contribution is -0.385. The molecule has 1 aromatic carbocycles. The molecule has 1 aromatic heterocycles. The molecule has 26 heavy (non-hydrogen) atoms. The molecule has 0 unspecified atom stereocenters. The summed E-state index contributed by atoms with van der Waals surface area (Å²) >= 11 is 0. The summed E-state index contributed by atoms with van der Waals surface area (Å²) in [6.45, 7) is 5.69. The van der Waals surface area contributed by atoms with Crippen molar-refractivity contribution in [1.82, 2.24) is 10.4 Å². The van der Waals surface area contributed by atoms with E-state index in [2.05, 4.69) is 20.4 Å². The molecular weight excluding hydrogens is 338 g/mol. The number of aromatic nitrogens is 1. The molecule has 0 saturated carbocycles. The predicted molar refractivity (Wildman–Crippen MR) is 97.6 cm³/mol. The van der Waals surface area contributed by atoms with Gasteiger partial charge in [0.15, 0.2) is 0 Å². The quantitative estimate of drug-likeness (QED) is 0.445. The van der Waals surface area contributed by atoms with Gasteiger partial charge in [0, 0.05) is 36.5 Å². The number of anilines is 1. The third kappa shape index (κ3) is 4.53. The van der Waals surface area contributed by atoms with Gasteiger partial charge in [0.2, 0.25) is 0 Å². The molecule has 9 heteroatoms. The molecule has 0 aliphatic rings. The molecule has 0 aliphatic carbocycles. The normalized spacial score (nSPS) is 10.7. The van der Waals surface area contributed by atoms with Gasteiger partial charge in [-0.2, -0.15) is 5.10 Å². The number of carbonyl (C=O) groups is 1. The van der Waals surface area contributed by atoms with Crippen LogP contribution in [0.3, 0.4) is 0 Å². The maximum absolute atomic E-state index is 11.9. The van der Waals surface area contributed by atoms with E-state index < -0.39 is 10.8 Å². The van der Waals surface area contributed by atoms with Gasteiger partial charge in [0.25, 0.3) is 11.6 Å². The van der Waals surface area contributed by atoms with E-state index in [0.717, 1.165) is 25.0 Å². The molecule has 136 valence electrons. The zero-order valence-electron chi connectivity index (χ0n) is 14.4. The third-order valence-corrected chi connectivity index (χ3v) is 3.70. The summed E-state index contributed by atoms with van der Waals surface area (Å²) in [6.07, 6.45) is 2.31. The first kappa shape index (κ1) is 18.8. The highest BCUT2D eigenvalue weighted by Gasteiger charge is 2.10. The lowest BCUT2D eigenvalue weighted by Gasteiger charge is -2.21. The monoisotopic (exact) mass is 357 g/mol. The van der Waals surface area contributed by atoms with Crippen molar-refractivity contribution in [3.63, 3.8) is 0 Å². The van der Waals surface area contributed by atoms with Crippen LogP contribution in [-0.4, -0.2) is 40.2 Å². The molecular formula is C17H19N5O4. The summed E-state index contributed by atoms with van der Waals surface area (Å²) in [7, 11) is 0. The number of amides is 1. The number of phenolic OH excluding ortho intramolecular Hbond substituents is 1. The van der Waals surface area contributed by atoms with Crippen molar-refractivity contribution < 1.29 is 14.8 Å². The van der Waals surface area contributed by atoms with Crippen LogP contribution in [0, 0.1) is 10.1 Å². The lowest BCUT2D eigenvalue weighted by Crippen LogP contribution is -2.21. The molecule has 0 saturated heterocycles. The number of nitrogens with zero attached hydrogens (tertiary/aromatic N) is 4. The fourth-order valence-electron chi connectivity index (χ4n) is 2.27. The second kappa shape index (κ2) is 8.56. The Morgan fingerprint density at radius 2 is 2.08 bits per heavy atom. The number of hydrogen-bond donors (Lipinski definition) is 2. The number of benzene rings is 1. The number of rotatable bonds is 7. The zero-order valence-corrected chi connectivity index (χ0v) is 14.4. The fraction of sp³-hybridized carbons (Fsp3) is 0.235. The predicted octanol–water partition coefficient (Wildman–Crippen LogP) is 2.31. The van der Waals surface area contributed by atoms with E-state index in [1.54, 1.807) is 12.1 Å². The Morgan fingerprint density at radius 3 is 2.62 bits per heavy atom. The Hall–Kier alpha value is -3.49. The maximum atomic E-state index is 11.9. The van der Waals surface area contributed by atoms with Gasteiger partial charge in [0.1, 0.15) is 17.6 Å². The van der Waals surface area contributed by atoms with Crippen molar-refractivity contribution in [2.75, 3.05) is 18.0 Å². The van der Waals surface area contributed by atoms with E-state index in [9.17, 15) is 20.0 Å². The Balaban J connectivity index is 2.03. The Bertz CT molecular complexity index is 816. The van der Waals surface area contributed by atoms with Gasteiger partial charge < -0.3 is 10.0 Å². The number of hydrogen-bond acceptors (Lipinski definition) is 7. The molecule has 0 bridgehead atoms. The van der Waals surface area contributed by atoms with Crippen molar-refractivity contribution in [3.8, 4) is 5.75 Å². The highest BCUT2D eigenvalue weighted by atomic mass is 16.6. The standard InChI is InChI=1S/C17H19N5O4/c1-3-21(4-2)13-6-5-12(16(23)9-13)10-19-20-17(24)15-8-7-14(11-18-15)22(25)26/h5-11,23H,3-4H2,1-2H3,(H,20,24). The van der Waals surface area contributed by atoms with Crippen LogP contribution in [0.15, 0.2) is 41.6 Å². The molecule has 1 heterocycles. The van der Waals surface area contributed by atoms with Crippen LogP contribution in [0.5, 0.6) is 5.75 Å². The largest absolute Gasteiger partial charge is 0.507 e. The maximum Gasteiger partial charge on any atom is 0.289 e. The third-order valence-electron chi connectivity index (χ3n) is 3.70. The van der Waals surface area contributed by atoms with Crippen molar-refractivity contribution in [2.24, 2.45) is 5.10 Å². The molecule has 2 aromatic rings. The molecule has 0 aliphatic heterocycles. The van der Waals surface area contributed by atoms with Crippen LogP contribution in [-0.2, 0) is 0 Å². The summed E-state index contributed by atoms with van der Waals surface area (Å²) in [5.74, 6) is -0.573. The summed E-state index contributed by atoms with van der Waals surface area (Å²) in [4.78, 5) is 27.7. The molecule has 9 nitrogen and oxygen atoms in total. The van der Waals surface area contributed by atoms with Gasteiger partial charge in [0.05, 0.1) is 11.1 Å². The fourth-order valence-corrected chi connectivity index (χ4v) is 2.27. The molecule has 2 rings (SSSR count). The van der Waals surface area contributed by atoms with Gasteiger partial charge in [-0.3, -0.25) is 14.9 Å². The van der Waals surface area contributed by atoms with Crippen molar-refractivity contribution in [3.05, 3.63) is 57.9 Å². The molecule has 0 radical (unpaired) electrons. The lowest BCUT2D eigenvalue weighted by atomic mass is 10.2. The molecule has 0 fully saturated rings. The number of aromatic hydroxyl groups is 1. The number of carbonyl (C=O) groups excluding carboxylic acids is 1. The number of nitrogens with one attached hydrogen (secondary N) is 1. The van der Waals surface area contributed by atoms with Crippen LogP contribution >= 0.6 is 0 Å². The van der Waals surface area contributed by atoms with Gasteiger partial charge in [-0.15, -0.1) is 0 Å². The van der Waals surface area contributed by atoms with E-state index in [1.807, 2.05) is 19.9 Å². The van der Waals surface area contributed by atoms with Crippen molar-refractivity contribution in [1.29, 1.82) is 0 Å². The van der Waals surface area contributed by atoms with Gasteiger partial charge in [-0.25, -0.2) is 10.4 Å². The number of nitro groups is 1. The SMILES string of the molecule is CCN(CC)c1ccc(C=NNC(=O)c2ccc([N+](=O)[O-])cn2)c(O)c1. The Morgan fingerprint density at radius 1 is 1.35 bits per heavy atom. The minimum absolute atomic E-state index is 0.00569. The number of hydrazone groups is 1. The van der Waals surface area contributed by atoms with E-state index in [0.29, 0.717) is 5.56 Å². The van der Waals surface area contributed by atoms with E-state index >= 15 is 0 Å². The summed E-state index contributed by atoms with van der Waals surface area (Å²) in [5.41, 5.74) is 3.38. The number of pyridine rings is 1.